The Balaban J connectivity index is 2.05. The van der Waals surface area contributed by atoms with E-state index in [0.29, 0.717) is 0 Å². The summed E-state index contributed by atoms with van der Waals surface area (Å²) in [6.07, 6.45) is 0. The SMILES string of the molecule is COC(=O)c1ccc(N2CCN(C)CC2)nn1. The second kappa shape index (κ2) is 5.09. The molecule has 6 heteroatoms. The molecule has 1 aliphatic rings. The van der Waals surface area contributed by atoms with Crippen LogP contribution in [-0.4, -0.2) is 61.4 Å². The number of piperazine rings is 1. The minimum atomic E-state index is -0.456. The summed E-state index contributed by atoms with van der Waals surface area (Å²) in [6, 6.07) is 3.46. The van der Waals surface area contributed by atoms with Crippen molar-refractivity contribution in [1.82, 2.24) is 15.1 Å². The fourth-order valence-corrected chi connectivity index (χ4v) is 1.74. The average Bonchev–Trinajstić information content (AvgIpc) is 2.39. The second-order valence-electron chi connectivity index (χ2n) is 4.06. The van der Waals surface area contributed by atoms with E-state index in [1.165, 1.54) is 7.11 Å². The molecule has 0 aromatic carbocycles. The van der Waals surface area contributed by atoms with Crippen molar-refractivity contribution < 1.29 is 9.53 Å². The lowest BCUT2D eigenvalue weighted by molar-refractivity contribution is 0.0592. The minimum Gasteiger partial charge on any atom is -0.464 e. The minimum absolute atomic E-state index is 0.241. The zero-order valence-electron chi connectivity index (χ0n) is 10.1. The quantitative estimate of drug-likeness (QED) is 0.674. The van der Waals surface area contributed by atoms with Gasteiger partial charge in [0.05, 0.1) is 7.11 Å². The first-order valence-corrected chi connectivity index (χ1v) is 5.56. The summed E-state index contributed by atoms with van der Waals surface area (Å²) < 4.78 is 4.57. The summed E-state index contributed by atoms with van der Waals surface area (Å²) in [5.74, 6) is 0.355. The summed E-state index contributed by atoms with van der Waals surface area (Å²) >= 11 is 0. The largest absolute Gasteiger partial charge is 0.464 e. The Morgan fingerprint density at radius 3 is 2.47 bits per heavy atom. The van der Waals surface area contributed by atoms with Crippen LogP contribution in [0.5, 0.6) is 0 Å². The van der Waals surface area contributed by atoms with E-state index in [2.05, 4.69) is 31.8 Å². The maximum absolute atomic E-state index is 11.2. The fraction of sp³-hybridized carbons (Fsp3) is 0.545. The first kappa shape index (κ1) is 11.8. The van der Waals surface area contributed by atoms with Crippen LogP contribution in [0.25, 0.3) is 0 Å². The summed E-state index contributed by atoms with van der Waals surface area (Å²) in [6.45, 7) is 3.90. The van der Waals surface area contributed by atoms with Gasteiger partial charge in [-0.1, -0.05) is 0 Å². The van der Waals surface area contributed by atoms with Crippen molar-refractivity contribution in [3.63, 3.8) is 0 Å². The standard InChI is InChI=1S/C11H16N4O2/c1-14-5-7-15(8-6-14)10-4-3-9(12-13-10)11(16)17-2/h3-4H,5-8H2,1-2H3. The Hall–Kier alpha value is -1.69. The molecule has 1 saturated heterocycles. The van der Waals surface area contributed by atoms with Gasteiger partial charge in [-0.3, -0.25) is 0 Å². The van der Waals surface area contributed by atoms with Crippen molar-refractivity contribution in [1.29, 1.82) is 0 Å². The van der Waals surface area contributed by atoms with Gasteiger partial charge < -0.3 is 14.5 Å². The summed E-state index contributed by atoms with van der Waals surface area (Å²) in [5, 5.41) is 7.92. The molecule has 0 radical (unpaired) electrons. The van der Waals surface area contributed by atoms with Crippen molar-refractivity contribution in [2.45, 2.75) is 0 Å². The lowest BCUT2D eigenvalue weighted by atomic mass is 10.3. The van der Waals surface area contributed by atoms with E-state index in [-0.39, 0.29) is 5.69 Å². The second-order valence-corrected chi connectivity index (χ2v) is 4.06. The van der Waals surface area contributed by atoms with E-state index in [4.69, 9.17) is 0 Å². The first-order valence-electron chi connectivity index (χ1n) is 5.56. The molecule has 1 aliphatic heterocycles. The maximum atomic E-state index is 11.2. The number of methoxy groups -OCH3 is 1. The molecule has 0 bridgehead atoms. The van der Waals surface area contributed by atoms with Crippen molar-refractivity contribution in [3.05, 3.63) is 17.8 Å². The topological polar surface area (TPSA) is 58.6 Å². The smallest absolute Gasteiger partial charge is 0.358 e. The van der Waals surface area contributed by atoms with Gasteiger partial charge in [-0.15, -0.1) is 10.2 Å². The molecule has 6 nitrogen and oxygen atoms in total. The molecular formula is C11H16N4O2. The summed E-state index contributed by atoms with van der Waals surface area (Å²) in [7, 11) is 3.43. The molecule has 0 spiro atoms. The number of esters is 1. The Morgan fingerprint density at radius 1 is 1.24 bits per heavy atom. The highest BCUT2D eigenvalue weighted by molar-refractivity contribution is 5.86. The van der Waals surface area contributed by atoms with Gasteiger partial charge in [0.2, 0.25) is 0 Å². The number of rotatable bonds is 2. The van der Waals surface area contributed by atoms with Crippen LogP contribution in [0.3, 0.4) is 0 Å². The van der Waals surface area contributed by atoms with E-state index in [1.54, 1.807) is 6.07 Å². The summed E-state index contributed by atoms with van der Waals surface area (Å²) in [5.41, 5.74) is 0.241. The van der Waals surface area contributed by atoms with Gasteiger partial charge in [0.25, 0.3) is 0 Å². The molecule has 0 unspecified atom stereocenters. The highest BCUT2D eigenvalue weighted by Gasteiger charge is 2.16. The number of aromatic nitrogens is 2. The third-order valence-electron chi connectivity index (χ3n) is 2.87. The zero-order chi connectivity index (χ0) is 12.3. The van der Waals surface area contributed by atoms with Gasteiger partial charge in [-0.25, -0.2) is 4.79 Å². The lowest BCUT2D eigenvalue weighted by Gasteiger charge is -2.32. The number of hydrogen-bond donors (Lipinski definition) is 0. The molecule has 92 valence electrons. The summed E-state index contributed by atoms with van der Waals surface area (Å²) in [4.78, 5) is 15.6. The van der Waals surface area contributed by atoms with Gasteiger partial charge in [-0.05, 0) is 19.2 Å². The Labute approximate surface area is 100 Å². The molecule has 0 aliphatic carbocycles. The number of anilines is 1. The van der Waals surface area contributed by atoms with Gasteiger partial charge in [0, 0.05) is 26.2 Å². The molecule has 1 aromatic rings. The van der Waals surface area contributed by atoms with Crippen LogP contribution in [-0.2, 0) is 4.74 Å². The number of ether oxygens (including phenoxy) is 1. The molecule has 1 fully saturated rings. The molecule has 0 atom stereocenters. The van der Waals surface area contributed by atoms with Crippen LogP contribution in [0, 0.1) is 0 Å². The van der Waals surface area contributed by atoms with Crippen LogP contribution in [0.4, 0.5) is 5.82 Å². The van der Waals surface area contributed by atoms with Crippen LogP contribution in [0.2, 0.25) is 0 Å². The fourth-order valence-electron chi connectivity index (χ4n) is 1.74. The van der Waals surface area contributed by atoms with E-state index < -0.39 is 5.97 Å². The van der Waals surface area contributed by atoms with E-state index in [9.17, 15) is 4.79 Å². The van der Waals surface area contributed by atoms with Crippen molar-refractivity contribution in [2.24, 2.45) is 0 Å². The number of nitrogens with zero attached hydrogens (tertiary/aromatic N) is 4. The molecule has 0 N–H and O–H groups in total. The molecule has 17 heavy (non-hydrogen) atoms. The number of carbonyl (C=O) groups excluding carboxylic acids is 1. The number of hydrogen-bond acceptors (Lipinski definition) is 6. The van der Waals surface area contributed by atoms with E-state index in [0.717, 1.165) is 32.0 Å². The molecule has 2 heterocycles. The third kappa shape index (κ3) is 2.71. The molecule has 2 rings (SSSR count). The average molecular weight is 236 g/mol. The highest BCUT2D eigenvalue weighted by atomic mass is 16.5. The zero-order valence-corrected chi connectivity index (χ0v) is 10.1. The maximum Gasteiger partial charge on any atom is 0.358 e. The predicted octanol–water partition coefficient (Wildman–Crippen LogP) is 0.0150. The van der Waals surface area contributed by atoms with Crippen LogP contribution < -0.4 is 4.90 Å². The van der Waals surface area contributed by atoms with Crippen LogP contribution in [0.1, 0.15) is 10.5 Å². The Kier molecular flexibility index (Phi) is 3.53. The molecule has 0 saturated carbocycles. The Morgan fingerprint density at radius 2 is 1.94 bits per heavy atom. The van der Waals surface area contributed by atoms with Gasteiger partial charge in [0.15, 0.2) is 11.5 Å². The Bertz CT molecular complexity index is 385. The van der Waals surface area contributed by atoms with Crippen LogP contribution in [0.15, 0.2) is 12.1 Å². The molecule has 1 aromatic heterocycles. The molecule has 0 amide bonds. The van der Waals surface area contributed by atoms with Crippen molar-refractivity contribution in [3.8, 4) is 0 Å². The van der Waals surface area contributed by atoms with E-state index in [1.807, 2.05) is 6.07 Å². The lowest BCUT2D eigenvalue weighted by Crippen LogP contribution is -2.44. The number of likely N-dealkylation sites (N-methyl/N-ethyl adjacent to an activating group) is 1. The van der Waals surface area contributed by atoms with Gasteiger partial charge in [0.1, 0.15) is 0 Å². The van der Waals surface area contributed by atoms with Crippen molar-refractivity contribution in [2.75, 3.05) is 45.2 Å². The normalized spacial score (nSPS) is 16.9. The highest BCUT2D eigenvalue weighted by Crippen LogP contribution is 2.12. The van der Waals surface area contributed by atoms with Crippen LogP contribution >= 0.6 is 0 Å². The monoisotopic (exact) mass is 236 g/mol. The predicted molar refractivity (Wildman–Crippen MR) is 63.1 cm³/mol. The van der Waals surface area contributed by atoms with Gasteiger partial charge >= 0.3 is 5.97 Å². The van der Waals surface area contributed by atoms with E-state index >= 15 is 0 Å². The third-order valence-corrected chi connectivity index (χ3v) is 2.87. The molecular weight excluding hydrogens is 220 g/mol. The van der Waals surface area contributed by atoms with Gasteiger partial charge in [-0.2, -0.15) is 0 Å². The number of carbonyl (C=O) groups is 1. The first-order chi connectivity index (χ1) is 8.20. The van der Waals surface area contributed by atoms with Crippen molar-refractivity contribution >= 4 is 11.8 Å².